The summed E-state index contributed by atoms with van der Waals surface area (Å²) in [6.07, 6.45) is 0.628. The van der Waals surface area contributed by atoms with Gasteiger partial charge < -0.3 is 4.74 Å². The first-order chi connectivity index (χ1) is 10.3. The maximum absolute atomic E-state index is 14.8. The van der Waals surface area contributed by atoms with Crippen LogP contribution in [0.4, 0.5) is 8.78 Å². The Labute approximate surface area is 129 Å². The molecule has 1 heterocycles. The van der Waals surface area contributed by atoms with Crippen LogP contribution in [0.1, 0.15) is 44.4 Å². The summed E-state index contributed by atoms with van der Waals surface area (Å²) < 4.78 is 34.8. The molecule has 2 aromatic rings. The Morgan fingerprint density at radius 1 is 1.00 bits per heavy atom. The summed E-state index contributed by atoms with van der Waals surface area (Å²) in [5.74, 6) is -0.329. The molecule has 1 nitrogen and oxygen atoms in total. The first-order valence-electron chi connectivity index (χ1n) is 7.61. The fourth-order valence-corrected chi connectivity index (χ4v) is 2.97. The molecule has 0 aromatic heterocycles. The highest BCUT2D eigenvalue weighted by atomic mass is 19.1. The molecule has 0 fully saturated rings. The fourth-order valence-electron chi connectivity index (χ4n) is 2.97. The van der Waals surface area contributed by atoms with E-state index in [2.05, 4.69) is 0 Å². The topological polar surface area (TPSA) is 9.23 Å². The van der Waals surface area contributed by atoms with E-state index in [0.717, 1.165) is 5.56 Å². The molecule has 3 heteroatoms. The molecular weight excluding hydrogens is 282 g/mol. The zero-order valence-electron chi connectivity index (χ0n) is 13.4. The summed E-state index contributed by atoms with van der Waals surface area (Å²) in [5.41, 5.74) is 2.86. The van der Waals surface area contributed by atoms with Crippen molar-refractivity contribution in [3.05, 3.63) is 52.6 Å². The van der Waals surface area contributed by atoms with Crippen LogP contribution in [-0.4, -0.2) is 0 Å². The van der Waals surface area contributed by atoms with Crippen molar-refractivity contribution in [1.29, 1.82) is 0 Å². The number of rotatable bonds is 1. The van der Waals surface area contributed by atoms with Crippen molar-refractivity contribution in [3.8, 4) is 16.9 Å². The van der Waals surface area contributed by atoms with Gasteiger partial charge in [-0.15, -0.1) is 0 Å². The zero-order valence-corrected chi connectivity index (χ0v) is 13.4. The molecule has 0 saturated carbocycles. The van der Waals surface area contributed by atoms with Gasteiger partial charge in [0.05, 0.1) is 0 Å². The van der Waals surface area contributed by atoms with E-state index in [-0.39, 0.29) is 29.4 Å². The number of hydrogen-bond donors (Lipinski definition) is 0. The second-order valence-electron chi connectivity index (χ2n) is 6.76. The molecule has 1 aliphatic heterocycles. The molecule has 0 N–H and O–H groups in total. The molecule has 22 heavy (non-hydrogen) atoms. The molecule has 0 bridgehead atoms. The van der Waals surface area contributed by atoms with Gasteiger partial charge >= 0.3 is 0 Å². The molecule has 0 saturated heterocycles. The Hall–Kier alpha value is -1.90. The Morgan fingerprint density at radius 2 is 1.68 bits per heavy atom. The third kappa shape index (κ3) is 2.20. The normalized spacial score (nSPS) is 13.4. The fraction of sp³-hybridized carbons (Fsp3) is 0.368. The summed E-state index contributed by atoms with van der Waals surface area (Å²) in [4.78, 5) is 0. The Balaban J connectivity index is 2.21. The zero-order chi connectivity index (χ0) is 16.1. The number of benzene rings is 2. The van der Waals surface area contributed by atoms with Gasteiger partial charge in [0.15, 0.2) is 11.6 Å². The second-order valence-corrected chi connectivity index (χ2v) is 6.76. The van der Waals surface area contributed by atoms with Gasteiger partial charge in [-0.1, -0.05) is 52.0 Å². The van der Waals surface area contributed by atoms with Crippen LogP contribution < -0.4 is 4.74 Å². The van der Waals surface area contributed by atoms with Crippen LogP contribution >= 0.6 is 0 Å². The van der Waals surface area contributed by atoms with Gasteiger partial charge in [0, 0.05) is 11.1 Å². The Morgan fingerprint density at radius 3 is 2.32 bits per heavy atom. The highest BCUT2D eigenvalue weighted by Gasteiger charge is 2.28. The minimum Gasteiger partial charge on any atom is -0.485 e. The first-order valence-corrected chi connectivity index (χ1v) is 7.61. The smallest absolute Gasteiger partial charge is 0.169 e. The van der Waals surface area contributed by atoms with Crippen molar-refractivity contribution in [3.63, 3.8) is 0 Å². The van der Waals surface area contributed by atoms with E-state index in [0.29, 0.717) is 28.7 Å². The van der Waals surface area contributed by atoms with Crippen LogP contribution in [0.25, 0.3) is 11.1 Å². The van der Waals surface area contributed by atoms with Crippen LogP contribution in [-0.2, 0) is 18.4 Å². The van der Waals surface area contributed by atoms with E-state index < -0.39 is 0 Å². The lowest BCUT2D eigenvalue weighted by Crippen LogP contribution is -2.17. The molecule has 0 unspecified atom stereocenters. The molecule has 3 rings (SSSR count). The van der Waals surface area contributed by atoms with Crippen molar-refractivity contribution in [2.75, 3.05) is 0 Å². The lowest BCUT2D eigenvalue weighted by Gasteiger charge is -2.26. The van der Waals surface area contributed by atoms with Gasteiger partial charge in [0.25, 0.3) is 0 Å². The van der Waals surface area contributed by atoms with E-state index >= 15 is 0 Å². The Bertz CT molecular complexity index is 742. The number of hydrogen-bond acceptors (Lipinski definition) is 1. The van der Waals surface area contributed by atoms with Gasteiger partial charge in [0.2, 0.25) is 0 Å². The third-order valence-electron chi connectivity index (χ3n) is 4.26. The van der Waals surface area contributed by atoms with E-state index in [1.54, 1.807) is 12.1 Å². The van der Waals surface area contributed by atoms with Crippen LogP contribution in [0.5, 0.6) is 5.75 Å². The quantitative estimate of drug-likeness (QED) is 0.687. The van der Waals surface area contributed by atoms with Crippen molar-refractivity contribution >= 4 is 0 Å². The predicted octanol–water partition coefficient (Wildman–Crippen LogP) is 5.38. The maximum atomic E-state index is 14.8. The van der Waals surface area contributed by atoms with Crippen LogP contribution in [0.3, 0.4) is 0 Å². The van der Waals surface area contributed by atoms with Gasteiger partial charge in [-0.05, 0) is 28.5 Å². The standard InChI is InChI=1S/C19H20F2O/c1-5-11-6-7-12-13-8-9-15(19(2,3)4)17(21)18(13)22-10-14(12)16(11)20/h6-9H,5,10H2,1-4H3. The molecule has 1 aliphatic rings. The molecule has 0 spiro atoms. The molecule has 0 atom stereocenters. The van der Waals surface area contributed by atoms with Crippen LogP contribution in [0, 0.1) is 11.6 Å². The van der Waals surface area contributed by atoms with Gasteiger partial charge in [-0.25, -0.2) is 8.78 Å². The number of ether oxygens (including phenoxy) is 1. The highest BCUT2D eigenvalue weighted by molar-refractivity contribution is 5.76. The van der Waals surface area contributed by atoms with Gasteiger partial charge in [-0.3, -0.25) is 0 Å². The minimum atomic E-state index is -0.337. The van der Waals surface area contributed by atoms with Crippen molar-refractivity contribution in [2.45, 2.75) is 46.1 Å². The van der Waals surface area contributed by atoms with Crippen LogP contribution in [0.2, 0.25) is 0 Å². The lowest BCUT2D eigenvalue weighted by atomic mass is 9.84. The largest absolute Gasteiger partial charge is 0.485 e. The maximum Gasteiger partial charge on any atom is 0.169 e. The summed E-state index contributed by atoms with van der Waals surface area (Å²) in [5, 5.41) is 0. The van der Waals surface area contributed by atoms with E-state index in [4.69, 9.17) is 4.74 Å². The first kappa shape index (κ1) is 15.0. The summed E-state index contributed by atoms with van der Waals surface area (Å²) in [6.45, 7) is 7.87. The summed E-state index contributed by atoms with van der Waals surface area (Å²) in [7, 11) is 0. The molecule has 116 valence electrons. The number of aryl methyl sites for hydroxylation is 1. The van der Waals surface area contributed by atoms with E-state index in [1.807, 2.05) is 39.8 Å². The molecule has 0 radical (unpaired) electrons. The molecule has 2 aromatic carbocycles. The van der Waals surface area contributed by atoms with E-state index in [9.17, 15) is 8.78 Å². The Kier molecular flexibility index (Phi) is 3.47. The van der Waals surface area contributed by atoms with Crippen molar-refractivity contribution < 1.29 is 13.5 Å². The predicted molar refractivity (Wildman–Crippen MR) is 84.2 cm³/mol. The van der Waals surface area contributed by atoms with Gasteiger partial charge in [-0.2, -0.15) is 0 Å². The monoisotopic (exact) mass is 302 g/mol. The number of halogens is 2. The average Bonchev–Trinajstić information content (AvgIpc) is 2.46. The molecule has 0 amide bonds. The summed E-state index contributed by atoms with van der Waals surface area (Å²) >= 11 is 0. The molecular formula is C19H20F2O. The van der Waals surface area contributed by atoms with E-state index in [1.165, 1.54) is 0 Å². The highest BCUT2D eigenvalue weighted by Crippen LogP contribution is 2.43. The van der Waals surface area contributed by atoms with Crippen molar-refractivity contribution in [2.24, 2.45) is 0 Å². The second kappa shape index (κ2) is 5.08. The lowest BCUT2D eigenvalue weighted by molar-refractivity contribution is 0.277. The van der Waals surface area contributed by atoms with Crippen molar-refractivity contribution in [1.82, 2.24) is 0 Å². The van der Waals surface area contributed by atoms with Crippen LogP contribution in [0.15, 0.2) is 24.3 Å². The minimum absolute atomic E-state index is 0.0759. The average molecular weight is 302 g/mol. The van der Waals surface area contributed by atoms with Gasteiger partial charge in [0.1, 0.15) is 12.4 Å². The SMILES string of the molecule is CCc1ccc2c(c1F)COc1c-2ccc(C(C)(C)C)c1F. The third-order valence-corrected chi connectivity index (χ3v) is 4.26. The summed E-state index contributed by atoms with van der Waals surface area (Å²) in [6, 6.07) is 7.26. The number of fused-ring (bicyclic) bond motifs is 3. The molecule has 0 aliphatic carbocycles.